The van der Waals surface area contributed by atoms with Gasteiger partial charge >= 0.3 is 0 Å². The molecule has 51 heavy (non-hydrogen) atoms. The largest absolute Gasteiger partial charge is 0.496 e. The number of rotatable bonds is 10. The molecule has 0 saturated heterocycles. The van der Waals surface area contributed by atoms with Crippen LogP contribution in [0.1, 0.15) is 47.2 Å². The molecule has 1 aliphatic carbocycles. The fraction of sp³-hybridized carbons (Fsp3) is 0.302. The summed E-state index contributed by atoms with van der Waals surface area (Å²) < 4.78 is 48.3. The zero-order valence-electron chi connectivity index (χ0n) is 30.9. The molecule has 1 aliphatic rings. The first-order valence-electron chi connectivity index (χ1n) is 17.1. The molecule has 6 rings (SSSR count). The van der Waals surface area contributed by atoms with E-state index in [0.29, 0.717) is 67.0 Å². The predicted molar refractivity (Wildman–Crippen MR) is 201 cm³/mol. The lowest BCUT2D eigenvalue weighted by atomic mass is 9.92. The molecule has 0 unspecified atom stereocenters. The highest BCUT2D eigenvalue weighted by Gasteiger charge is 2.28. The molecule has 5 aromatic rings. The van der Waals surface area contributed by atoms with Gasteiger partial charge in [0, 0.05) is 53.6 Å². The van der Waals surface area contributed by atoms with Crippen LogP contribution in [0.3, 0.4) is 0 Å². The molecule has 0 spiro atoms. The smallest absolute Gasteiger partial charge is 0.133 e. The van der Waals surface area contributed by atoms with Crippen molar-refractivity contribution in [2.24, 2.45) is 0 Å². The first kappa shape index (κ1) is 36.8. The first-order valence-corrected chi connectivity index (χ1v) is 17.1. The summed E-state index contributed by atoms with van der Waals surface area (Å²) in [7, 11) is 9.94. The van der Waals surface area contributed by atoms with Gasteiger partial charge in [-0.3, -0.25) is 0 Å². The van der Waals surface area contributed by atoms with Gasteiger partial charge in [-0.2, -0.15) is 0 Å². The minimum absolute atomic E-state index is 0.392. The molecule has 8 nitrogen and oxygen atoms in total. The Morgan fingerprint density at radius 2 is 0.725 bits per heavy atom. The van der Waals surface area contributed by atoms with E-state index in [4.69, 9.17) is 37.9 Å². The minimum atomic E-state index is 0.392. The fourth-order valence-corrected chi connectivity index (χ4v) is 6.62. The molecule has 0 aromatic heterocycles. The van der Waals surface area contributed by atoms with Gasteiger partial charge in [0.1, 0.15) is 46.0 Å². The van der Waals surface area contributed by atoms with Crippen molar-refractivity contribution in [2.45, 2.75) is 33.1 Å². The minimum Gasteiger partial charge on any atom is -0.496 e. The van der Waals surface area contributed by atoms with Crippen LogP contribution in [0.4, 0.5) is 0 Å². The third kappa shape index (κ3) is 7.96. The van der Waals surface area contributed by atoms with Crippen LogP contribution < -0.4 is 37.9 Å². The van der Waals surface area contributed by atoms with Gasteiger partial charge in [0.05, 0.1) is 55.9 Å². The molecule has 0 amide bonds. The number of methoxy groups -OCH3 is 6. The lowest BCUT2D eigenvalue weighted by molar-refractivity contribution is 0.336. The Morgan fingerprint density at radius 3 is 1.02 bits per heavy atom. The average Bonchev–Trinajstić information content (AvgIpc) is 3.17. The third-order valence-electron chi connectivity index (χ3n) is 8.91. The summed E-state index contributed by atoms with van der Waals surface area (Å²) in [6, 6.07) is 28.4. The summed E-state index contributed by atoms with van der Waals surface area (Å²) in [5.74, 6) is 5.49. The van der Waals surface area contributed by atoms with Gasteiger partial charge in [-0.25, -0.2) is 0 Å². The van der Waals surface area contributed by atoms with Crippen LogP contribution in [0, 0.1) is 0 Å². The molecule has 0 aliphatic heterocycles. The second-order valence-electron chi connectivity index (χ2n) is 11.7. The van der Waals surface area contributed by atoms with E-state index in [-0.39, 0.29) is 0 Å². The van der Waals surface area contributed by atoms with Crippen LogP contribution in [0.5, 0.6) is 46.0 Å². The van der Waals surface area contributed by atoms with Crippen LogP contribution in [0.15, 0.2) is 84.9 Å². The molecular weight excluding hydrogens is 644 g/mol. The van der Waals surface area contributed by atoms with E-state index in [0.717, 1.165) is 56.0 Å². The predicted octanol–water partition coefficient (Wildman–Crippen LogP) is 8.98. The van der Waals surface area contributed by atoms with Crippen molar-refractivity contribution in [1.82, 2.24) is 0 Å². The van der Waals surface area contributed by atoms with E-state index < -0.39 is 0 Å². The molecule has 8 heteroatoms. The third-order valence-corrected chi connectivity index (χ3v) is 8.91. The maximum atomic E-state index is 6.18. The average molecular weight is 693 g/mol. The first-order chi connectivity index (χ1) is 24.9. The van der Waals surface area contributed by atoms with E-state index in [1.54, 1.807) is 42.7 Å². The van der Waals surface area contributed by atoms with Crippen molar-refractivity contribution in [3.63, 3.8) is 0 Å². The number of benzene rings is 5. The van der Waals surface area contributed by atoms with Gasteiger partial charge in [0.15, 0.2) is 0 Å². The SMILES string of the molecule is CCOc1ccc2cc1Cc1c(OC)cc(OC)c(c1OC)Cc1c(OC)cc(OC)c(c1OC)Cc1cc-2ccc1OCC.c1ccccc1. The normalized spacial score (nSPS) is 11.5. The van der Waals surface area contributed by atoms with E-state index in [1.165, 1.54) is 0 Å². The highest BCUT2D eigenvalue weighted by Crippen LogP contribution is 2.48. The molecular formula is C43H48O8. The summed E-state index contributed by atoms with van der Waals surface area (Å²) in [5.41, 5.74) is 7.54. The Kier molecular flexibility index (Phi) is 12.6. The van der Waals surface area contributed by atoms with Crippen molar-refractivity contribution >= 4 is 0 Å². The standard InChI is InChI=1S/C37H42O8.C6H6/c1-9-44-30-13-11-22-15-24(30)17-26-32(38-3)20-34(40-5)28(36(26)42-7)19-29-35(41-6)21-33(39-4)27(37(29)43-8)18-25-16-23(22)12-14-31(25)45-10-2;1-2-4-6-5-3-1/h11-16,20-21H,9-10,17-19H2,1-8H3;1-6H. The summed E-state index contributed by atoms with van der Waals surface area (Å²) in [5, 5.41) is 0. The van der Waals surface area contributed by atoms with Gasteiger partial charge in [-0.1, -0.05) is 48.5 Å². The summed E-state index contributed by atoms with van der Waals surface area (Å²) >= 11 is 0. The molecule has 268 valence electrons. The van der Waals surface area contributed by atoms with Gasteiger partial charge in [0.2, 0.25) is 0 Å². The quantitative estimate of drug-likeness (QED) is 0.141. The van der Waals surface area contributed by atoms with Crippen molar-refractivity contribution in [1.29, 1.82) is 0 Å². The lowest BCUT2D eigenvalue weighted by Gasteiger charge is -2.24. The monoisotopic (exact) mass is 692 g/mol. The number of hydrogen-bond acceptors (Lipinski definition) is 8. The van der Waals surface area contributed by atoms with Crippen molar-refractivity contribution in [2.75, 3.05) is 55.9 Å². The van der Waals surface area contributed by atoms with Crippen molar-refractivity contribution < 1.29 is 37.9 Å². The Morgan fingerprint density at radius 1 is 0.392 bits per heavy atom. The van der Waals surface area contributed by atoms with Crippen LogP contribution in [-0.4, -0.2) is 55.9 Å². The molecule has 0 radical (unpaired) electrons. The van der Waals surface area contributed by atoms with Gasteiger partial charge in [0.25, 0.3) is 0 Å². The van der Waals surface area contributed by atoms with E-state index in [2.05, 4.69) is 24.3 Å². The van der Waals surface area contributed by atoms with Crippen molar-refractivity contribution in [3.8, 4) is 57.1 Å². The zero-order valence-corrected chi connectivity index (χ0v) is 30.9. The number of fused-ring (bicyclic) bond motifs is 9. The van der Waals surface area contributed by atoms with Crippen LogP contribution >= 0.6 is 0 Å². The molecule has 0 fully saturated rings. The summed E-state index contributed by atoms with van der Waals surface area (Å²) in [6.45, 7) is 5.06. The Labute approximate surface area is 301 Å². The summed E-state index contributed by atoms with van der Waals surface area (Å²) in [6.07, 6.45) is 1.39. The zero-order chi connectivity index (χ0) is 36.3. The van der Waals surface area contributed by atoms with Gasteiger partial charge in [-0.05, 0) is 60.4 Å². The van der Waals surface area contributed by atoms with E-state index >= 15 is 0 Å². The Hall–Kier alpha value is -5.50. The Balaban J connectivity index is 0.000000761. The molecule has 5 aromatic carbocycles. The molecule has 0 N–H and O–H groups in total. The van der Waals surface area contributed by atoms with Gasteiger partial charge in [-0.15, -0.1) is 0 Å². The van der Waals surface area contributed by atoms with Gasteiger partial charge < -0.3 is 37.9 Å². The molecule has 8 bridgehead atoms. The summed E-state index contributed by atoms with van der Waals surface area (Å²) in [4.78, 5) is 0. The Bertz CT molecular complexity index is 1770. The second-order valence-corrected chi connectivity index (χ2v) is 11.7. The van der Waals surface area contributed by atoms with Crippen LogP contribution in [0.25, 0.3) is 11.1 Å². The van der Waals surface area contributed by atoms with E-state index in [9.17, 15) is 0 Å². The van der Waals surface area contributed by atoms with Crippen LogP contribution in [0.2, 0.25) is 0 Å². The number of ether oxygens (including phenoxy) is 8. The van der Waals surface area contributed by atoms with Crippen molar-refractivity contribution in [3.05, 3.63) is 118 Å². The lowest BCUT2D eigenvalue weighted by Crippen LogP contribution is -2.09. The van der Waals surface area contributed by atoms with E-state index in [1.807, 2.05) is 74.5 Å². The highest BCUT2D eigenvalue weighted by molar-refractivity contribution is 5.71. The maximum Gasteiger partial charge on any atom is 0.133 e. The fourth-order valence-electron chi connectivity index (χ4n) is 6.62. The maximum absolute atomic E-state index is 6.18. The number of hydrogen-bond donors (Lipinski definition) is 0. The highest BCUT2D eigenvalue weighted by atomic mass is 16.5. The molecule has 0 heterocycles. The van der Waals surface area contributed by atoms with Crippen LogP contribution in [-0.2, 0) is 19.3 Å². The molecule has 0 saturated carbocycles. The second kappa shape index (κ2) is 17.4. The molecule has 0 atom stereocenters. The topological polar surface area (TPSA) is 73.8 Å².